The maximum Gasteiger partial charge on any atom is 0.326 e. The molecule has 0 aromatic heterocycles. The number of carboxylic acid groups (broad SMARTS) is 3. The number of nitrogens with one attached hydrogen (secondary N) is 6. The number of aliphatic carboxylic acids is 3. The van der Waals surface area contributed by atoms with Crippen LogP contribution in [0.15, 0.2) is 0 Å². The Hall–Kier alpha value is -4.85. The van der Waals surface area contributed by atoms with Crippen LogP contribution in [0.4, 0.5) is 0 Å². The van der Waals surface area contributed by atoms with Crippen LogP contribution in [0.5, 0.6) is 0 Å². The van der Waals surface area contributed by atoms with Gasteiger partial charge >= 0.3 is 17.9 Å². The van der Waals surface area contributed by atoms with Crippen LogP contribution < -0.4 is 37.6 Å². The molecule has 0 aliphatic rings. The van der Waals surface area contributed by atoms with Gasteiger partial charge in [0.2, 0.25) is 35.4 Å². The molecule has 20 heteroatoms. The van der Waals surface area contributed by atoms with E-state index in [1.165, 1.54) is 20.8 Å². The second-order valence-electron chi connectivity index (χ2n) is 11.4. The molecule has 6 amide bonds. The van der Waals surface area contributed by atoms with Gasteiger partial charge in [0.1, 0.15) is 30.2 Å². The molecule has 12 N–H and O–H groups in total. The number of aliphatic hydroxyl groups is 1. The monoisotopic (exact) mass is 675 g/mol. The lowest BCUT2D eigenvalue weighted by molar-refractivity contribution is -0.144. The van der Waals surface area contributed by atoms with Crippen molar-refractivity contribution in [3.05, 3.63) is 0 Å². The minimum atomic E-state index is -1.96. The van der Waals surface area contributed by atoms with Gasteiger partial charge in [0.25, 0.3) is 0 Å². The first kappa shape index (κ1) is 42.1. The molecule has 0 radical (unpaired) electrons. The molecule has 6 atom stereocenters. The van der Waals surface area contributed by atoms with Crippen LogP contribution in [0.25, 0.3) is 0 Å². The van der Waals surface area contributed by atoms with Crippen molar-refractivity contribution in [3.8, 4) is 0 Å². The number of nitrogens with two attached hydrogens (primary N) is 1. The number of carboxylic acids is 3. The zero-order valence-corrected chi connectivity index (χ0v) is 26.7. The standard InChI is InChI=1S/C27H45N7O13/c1-11(2)6-16(27(46)47)32-25(44)17(10-35)33-24(43)14(7-19(37)38)30-23(42)15(8-20(39)40)31-26(45)21(12(3)4)34-18(36)9-29-22(41)13(5)28/h11-17,21,35H,6-10,28H2,1-5H3,(H,29,41)(H,30,42)(H,31,45)(H,32,44)(H,33,43)(H,34,36)(H,37,38)(H,39,40)(H,46,47)/t13-,14-,15-,16-,17-,21-/m0/s1. The molecule has 266 valence electrons. The van der Waals surface area contributed by atoms with E-state index in [1.54, 1.807) is 13.8 Å². The maximum absolute atomic E-state index is 13.1. The minimum Gasteiger partial charge on any atom is -0.481 e. The Morgan fingerprint density at radius 3 is 1.40 bits per heavy atom. The van der Waals surface area contributed by atoms with Gasteiger partial charge in [-0.3, -0.25) is 38.4 Å². The van der Waals surface area contributed by atoms with Gasteiger partial charge < -0.3 is 58.1 Å². The number of carbonyl (C=O) groups is 9. The molecule has 47 heavy (non-hydrogen) atoms. The van der Waals surface area contributed by atoms with E-state index in [9.17, 15) is 63.6 Å². The molecule has 0 fully saturated rings. The van der Waals surface area contributed by atoms with E-state index in [0.29, 0.717) is 0 Å². The predicted molar refractivity (Wildman–Crippen MR) is 160 cm³/mol. The molecule has 0 unspecified atom stereocenters. The van der Waals surface area contributed by atoms with Crippen molar-refractivity contribution in [2.75, 3.05) is 13.2 Å². The normalized spacial score (nSPS) is 14.7. The van der Waals surface area contributed by atoms with Gasteiger partial charge in [0, 0.05) is 0 Å². The second-order valence-corrected chi connectivity index (χ2v) is 11.4. The van der Waals surface area contributed by atoms with Gasteiger partial charge in [-0.15, -0.1) is 0 Å². The van der Waals surface area contributed by atoms with E-state index >= 15 is 0 Å². The SMILES string of the molecule is CC(C)C[C@H](NC(=O)[C@H](CO)NC(=O)[C@H](CC(=O)O)NC(=O)[C@H](CC(=O)O)NC(=O)[C@@H](NC(=O)CNC(=O)[C@H](C)N)C(C)C)C(=O)O. The van der Waals surface area contributed by atoms with Crippen LogP contribution in [0.2, 0.25) is 0 Å². The fraction of sp³-hybridized carbons (Fsp3) is 0.667. The lowest BCUT2D eigenvalue weighted by atomic mass is 10.0. The molecule has 0 aromatic rings. The van der Waals surface area contributed by atoms with E-state index in [2.05, 4.69) is 21.3 Å². The fourth-order valence-electron chi connectivity index (χ4n) is 3.82. The maximum atomic E-state index is 13.1. The number of rotatable bonds is 21. The van der Waals surface area contributed by atoms with Crippen molar-refractivity contribution >= 4 is 53.4 Å². The first-order valence-electron chi connectivity index (χ1n) is 14.5. The van der Waals surface area contributed by atoms with E-state index in [0.717, 1.165) is 0 Å². The molecule has 0 aliphatic carbocycles. The summed E-state index contributed by atoms with van der Waals surface area (Å²) in [5, 5.41) is 50.5. The second kappa shape index (κ2) is 20.3. The lowest BCUT2D eigenvalue weighted by Crippen LogP contribution is -2.60. The average Bonchev–Trinajstić information content (AvgIpc) is 2.94. The summed E-state index contributed by atoms with van der Waals surface area (Å²) < 4.78 is 0. The zero-order chi connectivity index (χ0) is 36.6. The molecule has 20 nitrogen and oxygen atoms in total. The van der Waals surface area contributed by atoms with Gasteiger partial charge in [0.15, 0.2) is 0 Å². The predicted octanol–water partition coefficient (Wildman–Crippen LogP) is -4.40. The molecule has 0 saturated heterocycles. The largest absolute Gasteiger partial charge is 0.481 e. The smallest absolute Gasteiger partial charge is 0.326 e. The van der Waals surface area contributed by atoms with E-state index in [1.807, 2.05) is 10.6 Å². The van der Waals surface area contributed by atoms with Gasteiger partial charge in [-0.1, -0.05) is 27.7 Å². The molecule has 0 aromatic carbocycles. The third kappa shape index (κ3) is 16.3. The summed E-state index contributed by atoms with van der Waals surface area (Å²) in [6.45, 7) is 6.19. The quantitative estimate of drug-likeness (QED) is 0.0547. The average molecular weight is 676 g/mol. The highest BCUT2D eigenvalue weighted by molar-refractivity contribution is 5.98. The van der Waals surface area contributed by atoms with Crippen molar-refractivity contribution < 1.29 is 63.6 Å². The highest BCUT2D eigenvalue weighted by Crippen LogP contribution is 2.07. The summed E-state index contributed by atoms with van der Waals surface area (Å²) in [4.78, 5) is 110. The minimum absolute atomic E-state index is 0.00697. The van der Waals surface area contributed by atoms with Crippen LogP contribution in [0.1, 0.15) is 53.9 Å². The Labute approximate surface area is 269 Å². The number of carbonyl (C=O) groups excluding carboxylic acids is 6. The third-order valence-electron chi connectivity index (χ3n) is 6.26. The summed E-state index contributed by atoms with van der Waals surface area (Å²) in [6.07, 6.45) is -2.13. The molecule has 0 heterocycles. The summed E-state index contributed by atoms with van der Waals surface area (Å²) in [7, 11) is 0. The molecule has 0 bridgehead atoms. The van der Waals surface area contributed by atoms with Crippen LogP contribution in [-0.4, -0.2) is 123 Å². The van der Waals surface area contributed by atoms with Crippen molar-refractivity contribution in [1.82, 2.24) is 31.9 Å². The van der Waals surface area contributed by atoms with E-state index in [-0.39, 0.29) is 12.3 Å². The van der Waals surface area contributed by atoms with Crippen molar-refractivity contribution in [3.63, 3.8) is 0 Å². The summed E-state index contributed by atoms with van der Waals surface area (Å²) in [6, 6.07) is -9.27. The lowest BCUT2D eigenvalue weighted by Gasteiger charge is -2.26. The first-order valence-corrected chi connectivity index (χ1v) is 14.5. The van der Waals surface area contributed by atoms with Gasteiger partial charge in [0.05, 0.1) is 32.0 Å². The Balaban J connectivity index is 5.87. The summed E-state index contributed by atoms with van der Waals surface area (Å²) >= 11 is 0. The van der Waals surface area contributed by atoms with E-state index < -0.39 is 122 Å². The summed E-state index contributed by atoms with van der Waals surface area (Å²) in [5.41, 5.74) is 5.41. The van der Waals surface area contributed by atoms with E-state index in [4.69, 9.17) is 5.73 Å². The fourth-order valence-corrected chi connectivity index (χ4v) is 3.82. The molecule has 0 spiro atoms. The Morgan fingerprint density at radius 2 is 1.02 bits per heavy atom. The first-order chi connectivity index (χ1) is 21.7. The van der Waals surface area contributed by atoms with Gasteiger partial charge in [-0.05, 0) is 25.2 Å². The highest BCUT2D eigenvalue weighted by atomic mass is 16.4. The Morgan fingerprint density at radius 1 is 0.596 bits per heavy atom. The molecule has 0 saturated carbocycles. The van der Waals surface area contributed by atoms with Crippen molar-refractivity contribution in [2.45, 2.75) is 90.1 Å². The van der Waals surface area contributed by atoms with Crippen molar-refractivity contribution in [2.24, 2.45) is 17.6 Å². The molecule has 0 aliphatic heterocycles. The van der Waals surface area contributed by atoms with Crippen LogP contribution >= 0.6 is 0 Å². The molecule has 0 rings (SSSR count). The van der Waals surface area contributed by atoms with Gasteiger partial charge in [-0.25, -0.2) is 4.79 Å². The topological polar surface area (TPSA) is 333 Å². The van der Waals surface area contributed by atoms with Crippen LogP contribution in [0, 0.1) is 11.8 Å². The molecular weight excluding hydrogens is 630 g/mol. The number of aliphatic hydroxyl groups excluding tert-OH is 1. The Kier molecular flexibility index (Phi) is 18.2. The van der Waals surface area contributed by atoms with Crippen LogP contribution in [0.3, 0.4) is 0 Å². The van der Waals surface area contributed by atoms with Crippen LogP contribution in [-0.2, 0) is 43.2 Å². The molecular formula is C27H45N7O13. The number of amides is 6. The zero-order valence-electron chi connectivity index (χ0n) is 26.7. The number of hydrogen-bond acceptors (Lipinski definition) is 11. The van der Waals surface area contributed by atoms with Crippen molar-refractivity contribution in [1.29, 1.82) is 0 Å². The highest BCUT2D eigenvalue weighted by Gasteiger charge is 2.34. The number of hydrogen-bond donors (Lipinski definition) is 11. The Bertz CT molecular complexity index is 1180. The van der Waals surface area contributed by atoms with Gasteiger partial charge in [-0.2, -0.15) is 0 Å². The third-order valence-corrected chi connectivity index (χ3v) is 6.26. The summed E-state index contributed by atoms with van der Waals surface area (Å²) in [5.74, 6) is -11.6.